The molecule has 0 unspecified atom stereocenters. The molecule has 0 bridgehead atoms. The van der Waals surface area contributed by atoms with Crippen molar-refractivity contribution in [2.45, 2.75) is 13.8 Å². The van der Waals surface area contributed by atoms with Crippen molar-refractivity contribution in [2.24, 2.45) is 5.10 Å². The molecular weight excluding hydrogens is 458 g/mol. The Morgan fingerprint density at radius 3 is 2.44 bits per heavy atom. The van der Waals surface area contributed by atoms with Gasteiger partial charge in [0.15, 0.2) is 0 Å². The number of nitrogens with one attached hydrogen (secondary N) is 2. The van der Waals surface area contributed by atoms with Crippen molar-refractivity contribution in [1.82, 2.24) is 5.43 Å². The molecule has 0 saturated carbocycles. The number of hydrogen-bond donors (Lipinski definition) is 2. The number of nitrogens with zero attached hydrogens (tertiary/aromatic N) is 1. The first-order valence-corrected chi connectivity index (χ1v) is 10.5. The van der Waals surface area contributed by atoms with Crippen molar-refractivity contribution in [3.63, 3.8) is 0 Å². The average molecular weight is 480 g/mol. The number of para-hydroxylation sites is 1. The SMILES string of the molecule is COc1cccc(C(=O)Oc2ccccc2C(C)=NNC(=O)C(=O)Nc2cccc(Cl)c2C)c1. The first-order valence-electron chi connectivity index (χ1n) is 10.2. The minimum atomic E-state index is -0.968. The maximum atomic E-state index is 12.6. The van der Waals surface area contributed by atoms with Crippen LogP contribution in [0.4, 0.5) is 5.69 Å². The number of hydrogen-bond acceptors (Lipinski definition) is 6. The standard InChI is InChI=1S/C25H22ClN3O5/c1-15-20(26)11-7-12-21(15)27-23(30)24(31)29-28-16(2)19-10-4-5-13-22(19)34-25(32)17-8-6-9-18(14-17)33-3/h4-14H,1-3H3,(H,27,30)(H,29,31). The molecule has 8 nitrogen and oxygen atoms in total. The molecule has 0 radical (unpaired) electrons. The van der Waals surface area contributed by atoms with Crippen LogP contribution in [0.2, 0.25) is 5.02 Å². The van der Waals surface area contributed by atoms with Crippen molar-refractivity contribution in [2.75, 3.05) is 12.4 Å². The van der Waals surface area contributed by atoms with Crippen molar-refractivity contribution in [1.29, 1.82) is 0 Å². The van der Waals surface area contributed by atoms with Gasteiger partial charge in [0.1, 0.15) is 11.5 Å². The third-order valence-electron chi connectivity index (χ3n) is 4.83. The molecule has 0 saturated heterocycles. The lowest BCUT2D eigenvalue weighted by Gasteiger charge is -2.11. The smallest absolute Gasteiger partial charge is 0.343 e. The second-order valence-corrected chi connectivity index (χ2v) is 7.53. The number of hydrazone groups is 1. The fraction of sp³-hybridized carbons (Fsp3) is 0.120. The number of carbonyl (C=O) groups excluding carboxylic acids is 3. The lowest BCUT2D eigenvalue weighted by atomic mass is 10.1. The Hall–Kier alpha value is -4.17. The topological polar surface area (TPSA) is 106 Å². The lowest BCUT2D eigenvalue weighted by Crippen LogP contribution is -2.33. The highest BCUT2D eigenvalue weighted by Crippen LogP contribution is 2.23. The van der Waals surface area contributed by atoms with Crippen LogP contribution in [0.3, 0.4) is 0 Å². The zero-order valence-corrected chi connectivity index (χ0v) is 19.5. The molecule has 2 amide bonds. The predicted molar refractivity (Wildman–Crippen MR) is 130 cm³/mol. The normalized spacial score (nSPS) is 10.9. The Balaban J connectivity index is 1.70. The van der Waals surface area contributed by atoms with Crippen LogP contribution < -0.4 is 20.2 Å². The van der Waals surface area contributed by atoms with Crippen molar-refractivity contribution in [3.05, 3.63) is 88.4 Å². The molecule has 3 aromatic rings. The summed E-state index contributed by atoms with van der Waals surface area (Å²) >= 11 is 6.04. The van der Waals surface area contributed by atoms with Crippen molar-refractivity contribution >= 4 is 40.8 Å². The van der Waals surface area contributed by atoms with Crippen LogP contribution in [0.1, 0.15) is 28.4 Å². The van der Waals surface area contributed by atoms with Crippen LogP contribution in [0, 0.1) is 6.92 Å². The van der Waals surface area contributed by atoms with Crippen LogP contribution in [0.15, 0.2) is 71.8 Å². The second kappa shape index (κ2) is 11.1. The highest BCUT2D eigenvalue weighted by Gasteiger charge is 2.17. The zero-order chi connectivity index (χ0) is 24.7. The van der Waals surface area contributed by atoms with E-state index in [9.17, 15) is 14.4 Å². The van der Waals surface area contributed by atoms with E-state index in [0.29, 0.717) is 38.9 Å². The van der Waals surface area contributed by atoms with Crippen molar-refractivity contribution in [3.8, 4) is 11.5 Å². The number of methoxy groups -OCH3 is 1. The summed E-state index contributed by atoms with van der Waals surface area (Å²) in [7, 11) is 1.50. The summed E-state index contributed by atoms with van der Waals surface area (Å²) < 4.78 is 10.7. The molecule has 0 aromatic heterocycles. The molecule has 3 aromatic carbocycles. The van der Waals surface area contributed by atoms with Crippen molar-refractivity contribution < 1.29 is 23.9 Å². The molecule has 0 aliphatic carbocycles. The summed E-state index contributed by atoms with van der Waals surface area (Å²) in [5, 5.41) is 6.94. The monoisotopic (exact) mass is 479 g/mol. The van der Waals surface area contributed by atoms with Crippen LogP contribution >= 0.6 is 11.6 Å². The number of anilines is 1. The van der Waals surface area contributed by atoms with E-state index in [4.69, 9.17) is 21.1 Å². The van der Waals surface area contributed by atoms with E-state index in [2.05, 4.69) is 15.8 Å². The van der Waals surface area contributed by atoms with Crippen LogP contribution in [-0.4, -0.2) is 30.6 Å². The molecular formula is C25H22ClN3O5. The Morgan fingerprint density at radius 2 is 1.68 bits per heavy atom. The molecule has 34 heavy (non-hydrogen) atoms. The van der Waals surface area contributed by atoms with E-state index >= 15 is 0 Å². The van der Waals surface area contributed by atoms with Gasteiger partial charge in [0.05, 0.1) is 18.4 Å². The van der Waals surface area contributed by atoms with E-state index in [-0.39, 0.29) is 5.75 Å². The average Bonchev–Trinajstić information content (AvgIpc) is 2.85. The minimum Gasteiger partial charge on any atom is -0.497 e. The summed E-state index contributed by atoms with van der Waals surface area (Å²) in [5.74, 6) is -1.69. The van der Waals surface area contributed by atoms with E-state index in [0.717, 1.165) is 0 Å². The Kier molecular flexibility index (Phi) is 8.00. The van der Waals surface area contributed by atoms with E-state index in [1.807, 2.05) is 0 Å². The van der Waals surface area contributed by atoms with Gasteiger partial charge < -0.3 is 14.8 Å². The predicted octanol–water partition coefficient (Wildman–Crippen LogP) is 4.36. The summed E-state index contributed by atoms with van der Waals surface area (Å²) in [6.07, 6.45) is 0. The fourth-order valence-electron chi connectivity index (χ4n) is 2.93. The number of ether oxygens (including phenoxy) is 2. The van der Waals surface area contributed by atoms with Gasteiger partial charge in [-0.1, -0.05) is 35.9 Å². The maximum Gasteiger partial charge on any atom is 0.343 e. The van der Waals surface area contributed by atoms with Gasteiger partial charge in [0.2, 0.25) is 0 Å². The minimum absolute atomic E-state index is 0.241. The number of esters is 1. The molecule has 9 heteroatoms. The molecule has 0 fully saturated rings. The maximum absolute atomic E-state index is 12.6. The van der Waals surface area contributed by atoms with E-state index in [1.54, 1.807) is 80.6 Å². The van der Waals surface area contributed by atoms with Crippen LogP contribution in [-0.2, 0) is 9.59 Å². The zero-order valence-electron chi connectivity index (χ0n) is 18.7. The molecule has 2 N–H and O–H groups in total. The number of amides is 2. The third kappa shape index (κ3) is 5.99. The lowest BCUT2D eigenvalue weighted by molar-refractivity contribution is -0.136. The highest BCUT2D eigenvalue weighted by atomic mass is 35.5. The number of benzene rings is 3. The van der Waals surface area contributed by atoms with Gasteiger partial charge in [-0.05, 0) is 61.9 Å². The number of halogens is 1. The highest BCUT2D eigenvalue weighted by molar-refractivity contribution is 6.40. The Bertz CT molecular complexity index is 1270. The third-order valence-corrected chi connectivity index (χ3v) is 5.24. The second-order valence-electron chi connectivity index (χ2n) is 7.12. The Labute approximate surface area is 201 Å². The molecule has 0 aliphatic heterocycles. The quantitative estimate of drug-likeness (QED) is 0.180. The molecule has 0 aliphatic rings. The van der Waals surface area contributed by atoms with Gasteiger partial charge in [-0.2, -0.15) is 5.10 Å². The van der Waals surface area contributed by atoms with Crippen LogP contribution in [0.25, 0.3) is 0 Å². The first kappa shape index (κ1) is 24.5. The molecule has 3 rings (SSSR count). The summed E-state index contributed by atoms with van der Waals surface area (Å²) in [6.45, 7) is 3.33. The summed E-state index contributed by atoms with van der Waals surface area (Å²) in [5.41, 5.74) is 4.37. The summed E-state index contributed by atoms with van der Waals surface area (Å²) in [6, 6.07) is 18.2. The van der Waals surface area contributed by atoms with Gasteiger partial charge in [-0.25, -0.2) is 10.2 Å². The van der Waals surface area contributed by atoms with Crippen LogP contribution in [0.5, 0.6) is 11.5 Å². The van der Waals surface area contributed by atoms with Gasteiger partial charge in [0, 0.05) is 16.3 Å². The van der Waals surface area contributed by atoms with Gasteiger partial charge in [-0.15, -0.1) is 0 Å². The van der Waals surface area contributed by atoms with Gasteiger partial charge in [0.25, 0.3) is 0 Å². The molecule has 0 heterocycles. The van der Waals surface area contributed by atoms with E-state index < -0.39 is 17.8 Å². The molecule has 0 atom stereocenters. The summed E-state index contributed by atoms with van der Waals surface area (Å²) in [4.78, 5) is 37.0. The van der Waals surface area contributed by atoms with Gasteiger partial charge >= 0.3 is 17.8 Å². The Morgan fingerprint density at radius 1 is 0.941 bits per heavy atom. The number of carbonyl (C=O) groups is 3. The fourth-order valence-corrected chi connectivity index (χ4v) is 3.11. The molecule has 174 valence electrons. The largest absolute Gasteiger partial charge is 0.497 e. The first-order chi connectivity index (χ1) is 16.3. The molecule has 0 spiro atoms. The van der Waals surface area contributed by atoms with Gasteiger partial charge in [-0.3, -0.25) is 9.59 Å². The van der Waals surface area contributed by atoms with E-state index in [1.165, 1.54) is 7.11 Å². The number of rotatable bonds is 6.